The number of benzene rings is 1. The highest BCUT2D eigenvalue weighted by Gasteiger charge is 2.30. The summed E-state index contributed by atoms with van der Waals surface area (Å²) in [5.41, 5.74) is -0.605. The van der Waals surface area contributed by atoms with Gasteiger partial charge in [0.1, 0.15) is 11.6 Å². The van der Waals surface area contributed by atoms with E-state index in [1.165, 1.54) is 24.4 Å². The number of pyridine rings is 2. The number of halogens is 3. The molecule has 1 unspecified atom stereocenters. The topological polar surface area (TPSA) is 78.9 Å². The second-order valence-electron chi connectivity index (χ2n) is 6.16. The van der Waals surface area contributed by atoms with Gasteiger partial charge in [-0.3, -0.25) is 4.79 Å². The molecule has 3 aromatic rings. The normalized spacial score (nSPS) is 12.1. The molecular weight excluding hydrogens is 383 g/mol. The zero-order chi connectivity index (χ0) is 20.9. The van der Waals surface area contributed by atoms with Crippen LogP contribution in [0.2, 0.25) is 0 Å². The highest BCUT2D eigenvalue weighted by molar-refractivity contribution is 6.07. The molecule has 2 heterocycles. The van der Waals surface area contributed by atoms with Crippen molar-refractivity contribution in [2.75, 3.05) is 16.0 Å². The van der Waals surface area contributed by atoms with Gasteiger partial charge in [0.2, 0.25) is 0 Å². The summed E-state index contributed by atoms with van der Waals surface area (Å²) in [6, 6.07) is 13.0. The van der Waals surface area contributed by atoms with Crippen LogP contribution in [0.25, 0.3) is 0 Å². The average Bonchev–Trinajstić information content (AvgIpc) is 2.68. The molecule has 0 aliphatic heterocycles. The molecule has 6 nitrogen and oxygen atoms in total. The van der Waals surface area contributed by atoms with Crippen LogP contribution in [-0.4, -0.2) is 22.0 Å². The molecule has 0 aliphatic rings. The number of hydrogen-bond donors (Lipinski definition) is 3. The molecule has 1 amide bonds. The first-order valence-corrected chi connectivity index (χ1v) is 8.70. The summed E-state index contributed by atoms with van der Waals surface area (Å²) in [5.74, 6) is 0.344. The number of nitrogens with one attached hydrogen (secondary N) is 3. The van der Waals surface area contributed by atoms with Crippen molar-refractivity contribution in [3.8, 4) is 0 Å². The molecule has 0 spiro atoms. The average molecular weight is 401 g/mol. The highest BCUT2D eigenvalue weighted by atomic mass is 19.4. The van der Waals surface area contributed by atoms with E-state index in [1.807, 2.05) is 13.0 Å². The summed E-state index contributed by atoms with van der Waals surface area (Å²) in [7, 11) is 0. The summed E-state index contributed by atoms with van der Waals surface area (Å²) >= 11 is 0. The third kappa shape index (κ3) is 5.44. The lowest BCUT2D eigenvalue weighted by Gasteiger charge is -2.18. The minimum absolute atomic E-state index is 0.0410. The van der Waals surface area contributed by atoms with Gasteiger partial charge in [-0.05, 0) is 49.4 Å². The number of alkyl halides is 3. The first-order valence-electron chi connectivity index (χ1n) is 8.70. The molecule has 2 aromatic heterocycles. The van der Waals surface area contributed by atoms with Crippen molar-refractivity contribution in [3.05, 3.63) is 78.1 Å². The van der Waals surface area contributed by atoms with Gasteiger partial charge < -0.3 is 16.0 Å². The number of carbonyl (C=O) groups is 1. The first kappa shape index (κ1) is 20.1. The third-order valence-electron chi connectivity index (χ3n) is 3.88. The van der Waals surface area contributed by atoms with Gasteiger partial charge in [0, 0.05) is 18.1 Å². The van der Waals surface area contributed by atoms with Crippen molar-refractivity contribution < 1.29 is 18.0 Å². The van der Waals surface area contributed by atoms with E-state index < -0.39 is 17.6 Å². The Hall–Kier alpha value is -3.62. The fraction of sp³-hybridized carbons (Fsp3) is 0.150. The minimum Gasteiger partial charge on any atom is -0.350 e. The van der Waals surface area contributed by atoms with Crippen LogP contribution >= 0.6 is 0 Å². The fourth-order valence-corrected chi connectivity index (χ4v) is 2.59. The molecule has 0 saturated carbocycles. The third-order valence-corrected chi connectivity index (χ3v) is 3.88. The number of amides is 1. The van der Waals surface area contributed by atoms with Crippen molar-refractivity contribution in [1.29, 1.82) is 0 Å². The van der Waals surface area contributed by atoms with Crippen LogP contribution < -0.4 is 16.0 Å². The van der Waals surface area contributed by atoms with Gasteiger partial charge in [-0.2, -0.15) is 13.2 Å². The fourth-order valence-electron chi connectivity index (χ4n) is 2.59. The van der Waals surface area contributed by atoms with E-state index in [-0.39, 0.29) is 23.2 Å². The van der Waals surface area contributed by atoms with Crippen molar-refractivity contribution in [2.45, 2.75) is 19.3 Å². The molecule has 0 bridgehead atoms. The van der Waals surface area contributed by atoms with Crippen molar-refractivity contribution >= 4 is 23.2 Å². The van der Waals surface area contributed by atoms with Gasteiger partial charge in [0.15, 0.2) is 0 Å². The molecule has 0 saturated heterocycles. The van der Waals surface area contributed by atoms with Gasteiger partial charge in [-0.1, -0.05) is 12.1 Å². The SMILES string of the molecule is CC(Nc1ccccn1)Nc1ncccc1C(=O)Nc1cccc(C(F)(F)F)c1. The lowest BCUT2D eigenvalue weighted by Crippen LogP contribution is -2.27. The van der Waals surface area contributed by atoms with E-state index in [0.29, 0.717) is 5.82 Å². The highest BCUT2D eigenvalue weighted by Crippen LogP contribution is 2.30. The van der Waals surface area contributed by atoms with Crippen LogP contribution in [0.15, 0.2) is 67.0 Å². The van der Waals surface area contributed by atoms with Gasteiger partial charge in [0.25, 0.3) is 5.91 Å². The number of aromatic nitrogens is 2. The van der Waals surface area contributed by atoms with E-state index in [2.05, 4.69) is 25.9 Å². The monoisotopic (exact) mass is 401 g/mol. The zero-order valence-electron chi connectivity index (χ0n) is 15.4. The van der Waals surface area contributed by atoms with E-state index in [4.69, 9.17) is 0 Å². The lowest BCUT2D eigenvalue weighted by molar-refractivity contribution is -0.137. The maximum absolute atomic E-state index is 12.9. The Morgan fingerprint density at radius 2 is 1.76 bits per heavy atom. The van der Waals surface area contributed by atoms with Crippen LogP contribution in [0.1, 0.15) is 22.8 Å². The molecule has 0 aliphatic carbocycles. The number of carbonyl (C=O) groups excluding carboxylic acids is 1. The van der Waals surface area contributed by atoms with E-state index >= 15 is 0 Å². The predicted molar refractivity (Wildman–Crippen MR) is 105 cm³/mol. The first-order chi connectivity index (χ1) is 13.8. The van der Waals surface area contributed by atoms with E-state index in [1.54, 1.807) is 24.4 Å². The smallest absolute Gasteiger partial charge is 0.350 e. The van der Waals surface area contributed by atoms with Gasteiger partial charge in [-0.15, -0.1) is 0 Å². The van der Waals surface area contributed by atoms with Gasteiger partial charge in [-0.25, -0.2) is 9.97 Å². The maximum Gasteiger partial charge on any atom is 0.416 e. The van der Waals surface area contributed by atoms with Crippen LogP contribution in [-0.2, 0) is 6.18 Å². The number of hydrogen-bond acceptors (Lipinski definition) is 5. The minimum atomic E-state index is -4.49. The summed E-state index contributed by atoms with van der Waals surface area (Å²) in [6.07, 6.45) is -1.66. The van der Waals surface area contributed by atoms with Crippen molar-refractivity contribution in [3.63, 3.8) is 0 Å². The number of rotatable bonds is 6. The van der Waals surface area contributed by atoms with Crippen LogP contribution in [0.3, 0.4) is 0 Å². The van der Waals surface area contributed by atoms with E-state index in [0.717, 1.165) is 12.1 Å². The second-order valence-corrected chi connectivity index (χ2v) is 6.16. The Morgan fingerprint density at radius 3 is 2.48 bits per heavy atom. The molecule has 9 heteroatoms. The van der Waals surface area contributed by atoms with Gasteiger partial charge >= 0.3 is 6.18 Å². The van der Waals surface area contributed by atoms with Crippen LogP contribution in [0.4, 0.5) is 30.5 Å². The molecule has 150 valence electrons. The molecule has 0 radical (unpaired) electrons. The second kappa shape index (κ2) is 8.59. The zero-order valence-corrected chi connectivity index (χ0v) is 15.4. The quantitative estimate of drug-likeness (QED) is 0.526. The number of nitrogens with zero attached hydrogens (tertiary/aromatic N) is 2. The standard InChI is InChI=1S/C20H18F3N5O/c1-13(26-17-9-2-3-10-24-17)27-18-16(8-5-11-25-18)19(29)28-15-7-4-6-14(12-15)20(21,22)23/h2-13H,1H3,(H,24,26)(H,25,27)(H,28,29). The predicted octanol–water partition coefficient (Wildman–Crippen LogP) is 4.62. The largest absolute Gasteiger partial charge is 0.416 e. The summed E-state index contributed by atoms with van der Waals surface area (Å²) in [5, 5.41) is 8.65. The Labute approximate surface area is 165 Å². The van der Waals surface area contributed by atoms with Crippen LogP contribution in [0, 0.1) is 0 Å². The maximum atomic E-state index is 12.9. The molecule has 1 aromatic carbocycles. The Bertz CT molecular complexity index is 979. The molecule has 3 N–H and O–H groups in total. The number of anilines is 3. The summed E-state index contributed by atoms with van der Waals surface area (Å²) in [4.78, 5) is 21.0. The Morgan fingerprint density at radius 1 is 0.966 bits per heavy atom. The molecule has 29 heavy (non-hydrogen) atoms. The molecule has 1 atom stereocenters. The van der Waals surface area contributed by atoms with Crippen molar-refractivity contribution in [2.24, 2.45) is 0 Å². The molecule has 3 rings (SSSR count). The van der Waals surface area contributed by atoms with E-state index in [9.17, 15) is 18.0 Å². The van der Waals surface area contributed by atoms with Crippen LogP contribution in [0.5, 0.6) is 0 Å². The molecule has 0 fully saturated rings. The van der Waals surface area contributed by atoms with Crippen molar-refractivity contribution in [1.82, 2.24) is 9.97 Å². The summed E-state index contributed by atoms with van der Waals surface area (Å²) < 4.78 is 38.6. The Kier molecular flexibility index (Phi) is 5.96. The molecular formula is C20H18F3N5O. The van der Waals surface area contributed by atoms with Gasteiger partial charge in [0.05, 0.1) is 17.3 Å². The lowest BCUT2D eigenvalue weighted by atomic mass is 10.1. The Balaban J connectivity index is 1.73. The summed E-state index contributed by atoms with van der Waals surface area (Å²) in [6.45, 7) is 1.82.